The number of amides is 1. The van der Waals surface area contributed by atoms with Gasteiger partial charge in [-0.1, -0.05) is 6.92 Å². The van der Waals surface area contributed by atoms with Crippen molar-refractivity contribution in [3.63, 3.8) is 0 Å². The van der Waals surface area contributed by atoms with Gasteiger partial charge in [-0.05, 0) is 31.9 Å². The molecule has 2 atom stereocenters. The summed E-state index contributed by atoms with van der Waals surface area (Å²) < 4.78 is 0. The first-order chi connectivity index (χ1) is 9.08. The summed E-state index contributed by atoms with van der Waals surface area (Å²) in [5.41, 5.74) is 6.44. The molecule has 1 aromatic heterocycles. The van der Waals surface area contributed by atoms with Crippen LogP contribution in [-0.4, -0.2) is 30.0 Å². The topological polar surface area (TPSA) is 71.2 Å². The van der Waals surface area contributed by atoms with Crippen molar-refractivity contribution in [3.8, 4) is 0 Å². The van der Waals surface area contributed by atoms with Gasteiger partial charge in [0.05, 0.1) is 17.8 Å². The summed E-state index contributed by atoms with van der Waals surface area (Å²) in [5, 5.41) is 2.84. The summed E-state index contributed by atoms with van der Waals surface area (Å²) >= 11 is 0. The van der Waals surface area contributed by atoms with E-state index < -0.39 is 0 Å². The van der Waals surface area contributed by atoms with Gasteiger partial charge in [-0.2, -0.15) is 0 Å². The number of carbonyl (C=O) groups is 1. The van der Waals surface area contributed by atoms with E-state index in [1.807, 2.05) is 26.0 Å². The Bertz CT molecular complexity index is 424. The van der Waals surface area contributed by atoms with Crippen molar-refractivity contribution in [2.45, 2.75) is 32.7 Å². The van der Waals surface area contributed by atoms with Crippen LogP contribution in [0.1, 0.15) is 26.7 Å². The third-order valence-electron chi connectivity index (χ3n) is 3.65. The molecule has 0 bridgehead atoms. The Hall–Kier alpha value is -1.62. The maximum absolute atomic E-state index is 11.9. The van der Waals surface area contributed by atoms with Crippen molar-refractivity contribution in [1.82, 2.24) is 4.98 Å². The smallest absolute Gasteiger partial charge is 0.228 e. The quantitative estimate of drug-likeness (QED) is 0.864. The number of hydrogen-bond acceptors (Lipinski definition) is 4. The number of nitrogens with one attached hydrogen (secondary N) is 1. The number of rotatable bonds is 4. The summed E-state index contributed by atoms with van der Waals surface area (Å²) in [5.74, 6) is 0.708. The minimum atomic E-state index is -0.210. The van der Waals surface area contributed by atoms with Crippen LogP contribution >= 0.6 is 0 Å². The summed E-state index contributed by atoms with van der Waals surface area (Å²) in [6.07, 6.45) is 4.16. The van der Waals surface area contributed by atoms with Gasteiger partial charge >= 0.3 is 0 Å². The number of carbonyl (C=O) groups excluding carboxylic acids is 1. The summed E-state index contributed by atoms with van der Waals surface area (Å²) in [6, 6.07) is 3.70. The van der Waals surface area contributed by atoms with Crippen LogP contribution in [0.4, 0.5) is 11.5 Å². The van der Waals surface area contributed by atoms with E-state index in [4.69, 9.17) is 5.73 Å². The summed E-state index contributed by atoms with van der Waals surface area (Å²) in [7, 11) is 0. The SMILES string of the molecule is CC(N)C(C)C(=O)Nc1ccc(N2CCCC2)nc1. The van der Waals surface area contributed by atoms with Gasteiger partial charge in [0.15, 0.2) is 0 Å². The number of hydrogen-bond donors (Lipinski definition) is 2. The molecule has 2 rings (SSSR count). The fourth-order valence-corrected chi connectivity index (χ4v) is 2.09. The van der Waals surface area contributed by atoms with Crippen LogP contribution in [0.15, 0.2) is 18.3 Å². The van der Waals surface area contributed by atoms with Crippen molar-refractivity contribution < 1.29 is 4.79 Å². The predicted molar refractivity (Wildman–Crippen MR) is 77.1 cm³/mol. The Morgan fingerprint density at radius 2 is 2.05 bits per heavy atom. The molecule has 3 N–H and O–H groups in total. The minimum absolute atomic E-state index is 0.0641. The Kier molecular flexibility index (Phi) is 4.37. The van der Waals surface area contributed by atoms with Gasteiger partial charge in [-0.25, -0.2) is 4.98 Å². The molecule has 1 amide bonds. The zero-order valence-corrected chi connectivity index (χ0v) is 11.6. The molecular formula is C14H22N4O. The zero-order valence-electron chi connectivity index (χ0n) is 11.6. The van der Waals surface area contributed by atoms with Crippen LogP contribution in [0.2, 0.25) is 0 Å². The van der Waals surface area contributed by atoms with Crippen molar-refractivity contribution in [2.75, 3.05) is 23.3 Å². The van der Waals surface area contributed by atoms with Gasteiger partial charge in [0, 0.05) is 19.1 Å². The van der Waals surface area contributed by atoms with Crippen LogP contribution in [-0.2, 0) is 4.79 Å². The maximum Gasteiger partial charge on any atom is 0.228 e. The Morgan fingerprint density at radius 3 is 2.58 bits per heavy atom. The van der Waals surface area contributed by atoms with E-state index in [-0.39, 0.29) is 17.9 Å². The molecule has 0 aliphatic carbocycles. The van der Waals surface area contributed by atoms with E-state index in [2.05, 4.69) is 15.2 Å². The molecule has 1 aliphatic rings. The Balaban J connectivity index is 1.96. The summed E-state index contributed by atoms with van der Waals surface area (Å²) in [4.78, 5) is 18.5. The monoisotopic (exact) mass is 262 g/mol. The molecule has 2 unspecified atom stereocenters. The molecule has 1 fully saturated rings. The lowest BCUT2D eigenvalue weighted by Crippen LogP contribution is -2.34. The molecule has 2 heterocycles. The molecule has 1 aliphatic heterocycles. The van der Waals surface area contributed by atoms with E-state index in [0.717, 1.165) is 24.6 Å². The fraction of sp³-hybridized carbons (Fsp3) is 0.571. The molecule has 5 nitrogen and oxygen atoms in total. The van der Waals surface area contributed by atoms with E-state index >= 15 is 0 Å². The van der Waals surface area contributed by atoms with E-state index in [0.29, 0.717) is 0 Å². The highest BCUT2D eigenvalue weighted by atomic mass is 16.1. The van der Waals surface area contributed by atoms with Gasteiger partial charge in [0.25, 0.3) is 0 Å². The Morgan fingerprint density at radius 1 is 1.37 bits per heavy atom. The number of anilines is 2. The van der Waals surface area contributed by atoms with Crippen LogP contribution in [0.5, 0.6) is 0 Å². The average molecular weight is 262 g/mol. The highest BCUT2D eigenvalue weighted by Gasteiger charge is 2.17. The lowest BCUT2D eigenvalue weighted by Gasteiger charge is -2.17. The molecule has 0 aromatic carbocycles. The van der Waals surface area contributed by atoms with Crippen LogP contribution < -0.4 is 16.0 Å². The Labute approximate surface area is 114 Å². The molecule has 19 heavy (non-hydrogen) atoms. The predicted octanol–water partition coefficient (Wildman–Crippen LogP) is 1.60. The first kappa shape index (κ1) is 13.8. The van der Waals surface area contributed by atoms with Gasteiger partial charge < -0.3 is 16.0 Å². The molecular weight excluding hydrogens is 240 g/mol. The first-order valence-electron chi connectivity index (χ1n) is 6.85. The van der Waals surface area contributed by atoms with E-state index in [9.17, 15) is 4.79 Å². The maximum atomic E-state index is 11.9. The third kappa shape index (κ3) is 3.44. The largest absolute Gasteiger partial charge is 0.357 e. The highest BCUT2D eigenvalue weighted by molar-refractivity contribution is 5.92. The van der Waals surface area contributed by atoms with E-state index in [1.165, 1.54) is 12.8 Å². The van der Waals surface area contributed by atoms with Crippen LogP contribution in [0, 0.1) is 5.92 Å². The molecule has 0 radical (unpaired) electrons. The zero-order chi connectivity index (χ0) is 13.8. The van der Waals surface area contributed by atoms with Crippen molar-refractivity contribution >= 4 is 17.4 Å². The molecule has 104 valence electrons. The van der Waals surface area contributed by atoms with Gasteiger partial charge in [-0.15, -0.1) is 0 Å². The molecule has 1 saturated heterocycles. The third-order valence-corrected chi connectivity index (χ3v) is 3.65. The lowest BCUT2D eigenvalue weighted by atomic mass is 10.0. The fourth-order valence-electron chi connectivity index (χ4n) is 2.09. The second-order valence-electron chi connectivity index (χ2n) is 5.24. The van der Waals surface area contributed by atoms with Crippen molar-refractivity contribution in [1.29, 1.82) is 0 Å². The first-order valence-corrected chi connectivity index (χ1v) is 6.85. The summed E-state index contributed by atoms with van der Waals surface area (Å²) in [6.45, 7) is 5.80. The minimum Gasteiger partial charge on any atom is -0.357 e. The van der Waals surface area contributed by atoms with E-state index in [1.54, 1.807) is 6.20 Å². The van der Waals surface area contributed by atoms with Crippen LogP contribution in [0.25, 0.3) is 0 Å². The van der Waals surface area contributed by atoms with Gasteiger partial charge in [0.2, 0.25) is 5.91 Å². The molecule has 0 saturated carbocycles. The number of nitrogens with two attached hydrogens (primary N) is 1. The van der Waals surface area contributed by atoms with Crippen LogP contribution in [0.3, 0.4) is 0 Å². The number of aromatic nitrogens is 1. The number of pyridine rings is 1. The normalized spacial score (nSPS) is 18.2. The average Bonchev–Trinajstić information content (AvgIpc) is 2.92. The van der Waals surface area contributed by atoms with Crippen molar-refractivity contribution in [2.24, 2.45) is 11.7 Å². The second-order valence-corrected chi connectivity index (χ2v) is 5.24. The molecule has 0 spiro atoms. The van der Waals surface area contributed by atoms with Gasteiger partial charge in [0.1, 0.15) is 5.82 Å². The second kappa shape index (κ2) is 6.02. The van der Waals surface area contributed by atoms with Crippen molar-refractivity contribution in [3.05, 3.63) is 18.3 Å². The highest BCUT2D eigenvalue weighted by Crippen LogP contribution is 2.19. The lowest BCUT2D eigenvalue weighted by molar-refractivity contribution is -0.119. The molecule has 1 aromatic rings. The number of nitrogens with zero attached hydrogens (tertiary/aromatic N) is 2. The standard InChI is InChI=1S/C14H22N4O/c1-10(11(2)15)14(19)17-12-5-6-13(16-9-12)18-7-3-4-8-18/h5-6,9-11H,3-4,7-8,15H2,1-2H3,(H,17,19). The van der Waals surface area contributed by atoms with Gasteiger partial charge in [-0.3, -0.25) is 4.79 Å². The molecule has 5 heteroatoms.